The van der Waals surface area contributed by atoms with E-state index in [0.29, 0.717) is 18.8 Å². The number of nitrogens with one attached hydrogen (secondary N) is 1. The molecule has 1 N–H and O–H groups in total. The second-order valence-electron chi connectivity index (χ2n) is 4.41. The molecule has 0 bridgehead atoms. The van der Waals surface area contributed by atoms with Gasteiger partial charge >= 0.3 is 0 Å². The standard InChI is InChI=1S/C13H17N5O3/c1-3-14-7-13-15-9-16-17(13)8-10-4-11(18(19)20)6-12(5-10)21-2/h4-6,9,14H,3,7-8H2,1-2H3. The average Bonchev–Trinajstić information content (AvgIpc) is 2.91. The van der Waals surface area contributed by atoms with Gasteiger partial charge in [0.05, 0.1) is 31.2 Å². The van der Waals surface area contributed by atoms with Crippen molar-refractivity contribution in [1.82, 2.24) is 20.1 Å². The number of benzene rings is 1. The molecule has 0 saturated heterocycles. The van der Waals surface area contributed by atoms with Crippen molar-refractivity contribution < 1.29 is 9.66 Å². The molecule has 0 amide bonds. The van der Waals surface area contributed by atoms with Gasteiger partial charge in [-0.15, -0.1) is 0 Å². The van der Waals surface area contributed by atoms with Crippen LogP contribution in [0.25, 0.3) is 0 Å². The molecule has 0 radical (unpaired) electrons. The van der Waals surface area contributed by atoms with Crippen LogP contribution in [0.3, 0.4) is 0 Å². The molecule has 2 rings (SSSR count). The van der Waals surface area contributed by atoms with Crippen molar-refractivity contribution in [3.8, 4) is 5.75 Å². The first-order chi connectivity index (χ1) is 10.1. The molecule has 0 aliphatic carbocycles. The summed E-state index contributed by atoms with van der Waals surface area (Å²) in [5.41, 5.74) is 0.738. The summed E-state index contributed by atoms with van der Waals surface area (Å²) in [6, 6.07) is 4.66. The maximum absolute atomic E-state index is 10.9. The molecule has 1 aromatic heterocycles. The van der Waals surface area contributed by atoms with E-state index in [2.05, 4.69) is 15.4 Å². The van der Waals surface area contributed by atoms with Crippen LogP contribution < -0.4 is 10.1 Å². The molecule has 0 spiro atoms. The van der Waals surface area contributed by atoms with Gasteiger partial charge in [-0.25, -0.2) is 9.67 Å². The van der Waals surface area contributed by atoms with Crippen LogP contribution >= 0.6 is 0 Å². The molecular formula is C13H17N5O3. The van der Waals surface area contributed by atoms with Gasteiger partial charge in [0.2, 0.25) is 0 Å². The Hall–Kier alpha value is -2.48. The van der Waals surface area contributed by atoms with Gasteiger partial charge in [0.15, 0.2) is 0 Å². The van der Waals surface area contributed by atoms with E-state index >= 15 is 0 Å². The van der Waals surface area contributed by atoms with E-state index in [0.717, 1.165) is 17.9 Å². The third-order valence-electron chi connectivity index (χ3n) is 2.96. The van der Waals surface area contributed by atoms with Crippen molar-refractivity contribution >= 4 is 5.69 Å². The monoisotopic (exact) mass is 291 g/mol. The number of rotatable bonds is 7. The minimum atomic E-state index is -0.438. The van der Waals surface area contributed by atoms with Crippen molar-refractivity contribution in [2.75, 3.05) is 13.7 Å². The lowest BCUT2D eigenvalue weighted by atomic mass is 10.2. The number of methoxy groups -OCH3 is 1. The molecule has 112 valence electrons. The summed E-state index contributed by atoms with van der Waals surface area (Å²) in [4.78, 5) is 14.7. The predicted octanol–water partition coefficient (Wildman–Crippen LogP) is 1.35. The van der Waals surface area contributed by atoms with Gasteiger partial charge in [-0.1, -0.05) is 6.92 Å². The van der Waals surface area contributed by atoms with E-state index in [9.17, 15) is 10.1 Å². The Balaban J connectivity index is 2.24. The Bertz CT molecular complexity index is 626. The third-order valence-corrected chi connectivity index (χ3v) is 2.96. The van der Waals surface area contributed by atoms with Crippen molar-refractivity contribution in [3.63, 3.8) is 0 Å². The normalized spacial score (nSPS) is 10.6. The number of non-ortho nitro benzene ring substituents is 1. The van der Waals surface area contributed by atoms with Crippen LogP contribution in [0.15, 0.2) is 24.5 Å². The van der Waals surface area contributed by atoms with E-state index in [1.54, 1.807) is 10.7 Å². The number of nitro benzene ring substituents is 1. The van der Waals surface area contributed by atoms with Crippen molar-refractivity contribution in [3.05, 3.63) is 46.0 Å². The summed E-state index contributed by atoms with van der Waals surface area (Å²) < 4.78 is 6.81. The van der Waals surface area contributed by atoms with Gasteiger partial charge in [0, 0.05) is 6.07 Å². The lowest BCUT2D eigenvalue weighted by Gasteiger charge is -2.08. The second-order valence-corrected chi connectivity index (χ2v) is 4.41. The Morgan fingerprint density at radius 1 is 1.43 bits per heavy atom. The minimum absolute atomic E-state index is 0.00213. The number of hydrogen-bond acceptors (Lipinski definition) is 6. The van der Waals surface area contributed by atoms with Crippen LogP contribution in [-0.4, -0.2) is 33.3 Å². The molecule has 2 aromatic rings. The smallest absolute Gasteiger partial charge is 0.273 e. The summed E-state index contributed by atoms with van der Waals surface area (Å²) in [6.07, 6.45) is 1.47. The molecule has 1 aromatic carbocycles. The van der Waals surface area contributed by atoms with Gasteiger partial charge in [-0.2, -0.15) is 5.10 Å². The lowest BCUT2D eigenvalue weighted by molar-refractivity contribution is -0.385. The third kappa shape index (κ3) is 3.76. The predicted molar refractivity (Wildman–Crippen MR) is 76.2 cm³/mol. The maximum atomic E-state index is 10.9. The van der Waals surface area contributed by atoms with E-state index in [1.165, 1.54) is 25.6 Å². The fraction of sp³-hybridized carbons (Fsp3) is 0.385. The van der Waals surface area contributed by atoms with Crippen LogP contribution in [0.2, 0.25) is 0 Å². The molecule has 0 aliphatic rings. The number of hydrogen-bond donors (Lipinski definition) is 1. The quantitative estimate of drug-likeness (QED) is 0.611. The van der Waals surface area contributed by atoms with E-state index in [4.69, 9.17) is 4.74 Å². The Morgan fingerprint density at radius 3 is 2.90 bits per heavy atom. The molecule has 8 heteroatoms. The molecule has 8 nitrogen and oxygen atoms in total. The summed E-state index contributed by atoms with van der Waals surface area (Å²) in [6.45, 7) is 3.84. The van der Waals surface area contributed by atoms with Crippen molar-refractivity contribution in [1.29, 1.82) is 0 Å². The fourth-order valence-corrected chi connectivity index (χ4v) is 1.92. The Kier molecular flexibility index (Phi) is 4.83. The molecule has 0 fully saturated rings. The molecular weight excluding hydrogens is 274 g/mol. The maximum Gasteiger partial charge on any atom is 0.273 e. The molecule has 0 aliphatic heterocycles. The van der Waals surface area contributed by atoms with Gasteiger partial charge in [-0.05, 0) is 18.2 Å². The fourth-order valence-electron chi connectivity index (χ4n) is 1.92. The number of aromatic nitrogens is 3. The van der Waals surface area contributed by atoms with Crippen molar-refractivity contribution in [2.24, 2.45) is 0 Å². The zero-order valence-corrected chi connectivity index (χ0v) is 11.9. The summed E-state index contributed by atoms with van der Waals surface area (Å²) >= 11 is 0. The topological polar surface area (TPSA) is 95.1 Å². The Morgan fingerprint density at radius 2 is 2.24 bits per heavy atom. The van der Waals surface area contributed by atoms with Crippen LogP contribution in [0.5, 0.6) is 5.75 Å². The largest absolute Gasteiger partial charge is 0.496 e. The number of nitrogens with zero attached hydrogens (tertiary/aromatic N) is 4. The first kappa shape index (κ1) is 14.9. The average molecular weight is 291 g/mol. The molecule has 0 saturated carbocycles. The lowest BCUT2D eigenvalue weighted by Crippen LogP contribution is -2.17. The number of ether oxygens (including phenoxy) is 1. The second kappa shape index (κ2) is 6.80. The van der Waals surface area contributed by atoms with Gasteiger partial charge in [0.1, 0.15) is 17.9 Å². The van der Waals surface area contributed by atoms with Crippen LogP contribution in [0, 0.1) is 10.1 Å². The molecule has 1 heterocycles. The summed E-state index contributed by atoms with van der Waals surface area (Å²) in [7, 11) is 1.48. The van der Waals surface area contributed by atoms with Gasteiger partial charge in [-0.3, -0.25) is 10.1 Å². The number of nitro groups is 1. The van der Waals surface area contributed by atoms with Crippen LogP contribution in [0.1, 0.15) is 18.3 Å². The van der Waals surface area contributed by atoms with Gasteiger partial charge < -0.3 is 10.1 Å². The van der Waals surface area contributed by atoms with Gasteiger partial charge in [0.25, 0.3) is 5.69 Å². The highest BCUT2D eigenvalue weighted by Gasteiger charge is 2.12. The first-order valence-electron chi connectivity index (χ1n) is 6.53. The molecule has 0 atom stereocenters. The zero-order chi connectivity index (χ0) is 15.2. The summed E-state index contributed by atoms with van der Waals surface area (Å²) in [5, 5.41) is 18.3. The minimum Gasteiger partial charge on any atom is -0.496 e. The van der Waals surface area contributed by atoms with Crippen LogP contribution in [-0.2, 0) is 13.1 Å². The van der Waals surface area contributed by atoms with E-state index in [1.807, 2.05) is 6.92 Å². The molecule has 21 heavy (non-hydrogen) atoms. The highest BCUT2D eigenvalue weighted by Crippen LogP contribution is 2.23. The van der Waals surface area contributed by atoms with E-state index in [-0.39, 0.29) is 5.69 Å². The van der Waals surface area contributed by atoms with Crippen LogP contribution in [0.4, 0.5) is 5.69 Å². The first-order valence-corrected chi connectivity index (χ1v) is 6.53. The highest BCUT2D eigenvalue weighted by atomic mass is 16.6. The van der Waals surface area contributed by atoms with E-state index < -0.39 is 4.92 Å². The molecule has 0 unspecified atom stereocenters. The van der Waals surface area contributed by atoms with Crippen molar-refractivity contribution in [2.45, 2.75) is 20.0 Å². The summed E-state index contributed by atoms with van der Waals surface area (Å²) in [5.74, 6) is 1.23. The SMILES string of the molecule is CCNCc1ncnn1Cc1cc(OC)cc([N+](=O)[O-])c1. The zero-order valence-electron chi connectivity index (χ0n) is 11.9. The Labute approximate surface area is 121 Å². The highest BCUT2D eigenvalue weighted by molar-refractivity contribution is 5.42.